The first kappa shape index (κ1) is 21.8. The number of aromatic nitrogens is 3. The topological polar surface area (TPSA) is 128 Å². The summed E-state index contributed by atoms with van der Waals surface area (Å²) >= 11 is 1.25. The van der Waals surface area contributed by atoms with E-state index >= 15 is 0 Å². The number of thiophene rings is 1. The summed E-state index contributed by atoms with van der Waals surface area (Å²) in [4.78, 5) is 26.5. The molecule has 0 spiro atoms. The maximum Gasteiger partial charge on any atom is 0.264 e. The Morgan fingerprint density at radius 3 is 2.50 bits per heavy atom. The molecule has 0 amide bonds. The summed E-state index contributed by atoms with van der Waals surface area (Å²) in [5, 5.41) is 0.754. The number of anilines is 2. The van der Waals surface area contributed by atoms with Gasteiger partial charge < -0.3 is 5.73 Å². The van der Waals surface area contributed by atoms with Crippen LogP contribution in [0, 0.1) is 0 Å². The summed E-state index contributed by atoms with van der Waals surface area (Å²) in [5.41, 5.74) is 7.95. The van der Waals surface area contributed by atoms with Crippen LogP contribution in [0.25, 0.3) is 10.2 Å². The highest BCUT2D eigenvalue weighted by molar-refractivity contribution is 7.92. The molecular weight excluding hydrogens is 446 g/mol. The van der Waals surface area contributed by atoms with E-state index in [1.165, 1.54) is 48.0 Å². The lowest BCUT2D eigenvalue weighted by molar-refractivity contribution is 0.104. The smallest absolute Gasteiger partial charge is 0.264 e. The molecule has 0 saturated heterocycles. The number of pyridine rings is 1. The van der Waals surface area contributed by atoms with Gasteiger partial charge in [0.2, 0.25) is 11.7 Å². The summed E-state index contributed by atoms with van der Waals surface area (Å²) in [7, 11) is -3.88. The number of benzene rings is 1. The summed E-state index contributed by atoms with van der Waals surface area (Å²) in [6.07, 6.45) is 5.88. The fourth-order valence-corrected chi connectivity index (χ4v) is 5.18. The Kier molecular flexibility index (Phi) is 6.15. The number of nitrogen functional groups attached to an aromatic ring is 1. The van der Waals surface area contributed by atoms with Gasteiger partial charge in [-0.1, -0.05) is 13.3 Å². The van der Waals surface area contributed by atoms with Gasteiger partial charge in [-0.2, -0.15) is 0 Å². The van der Waals surface area contributed by atoms with Gasteiger partial charge >= 0.3 is 0 Å². The quantitative estimate of drug-likeness (QED) is 0.374. The molecule has 0 aliphatic carbocycles. The van der Waals surface area contributed by atoms with Gasteiger partial charge in [0, 0.05) is 29.0 Å². The van der Waals surface area contributed by atoms with Gasteiger partial charge in [-0.15, -0.1) is 11.3 Å². The van der Waals surface area contributed by atoms with Crippen LogP contribution in [-0.2, 0) is 16.4 Å². The number of sulfonamides is 1. The lowest BCUT2D eigenvalue weighted by Crippen LogP contribution is -2.15. The summed E-state index contributed by atoms with van der Waals surface area (Å²) in [6, 6.07) is 11.1. The molecule has 4 rings (SSSR count). The van der Waals surface area contributed by atoms with Crippen LogP contribution in [0.3, 0.4) is 0 Å². The number of aryl methyl sites for hydroxylation is 1. The van der Waals surface area contributed by atoms with Gasteiger partial charge in [-0.25, -0.2) is 28.1 Å². The molecule has 3 heterocycles. The number of hydrogen-bond donors (Lipinski definition) is 2. The molecular formula is C22H21N5O3S2. The normalized spacial score (nSPS) is 11.5. The lowest BCUT2D eigenvalue weighted by atomic mass is 10.1. The average Bonchev–Trinajstić information content (AvgIpc) is 3.13. The maximum absolute atomic E-state index is 13.1. The van der Waals surface area contributed by atoms with Gasteiger partial charge in [-0.05, 0) is 55.3 Å². The van der Waals surface area contributed by atoms with E-state index in [0.717, 1.165) is 35.2 Å². The number of ketones is 1. The number of nitrogens with one attached hydrogen (secondary N) is 1. The van der Waals surface area contributed by atoms with Crippen LogP contribution in [-0.4, -0.2) is 29.2 Å². The minimum Gasteiger partial charge on any atom is -0.397 e. The van der Waals surface area contributed by atoms with Gasteiger partial charge in [-0.3, -0.25) is 4.79 Å². The summed E-state index contributed by atoms with van der Waals surface area (Å²) < 4.78 is 27.4. The van der Waals surface area contributed by atoms with Gasteiger partial charge in [0.05, 0.1) is 10.6 Å². The van der Waals surface area contributed by atoms with Crippen LogP contribution in [0.5, 0.6) is 0 Å². The predicted molar refractivity (Wildman–Crippen MR) is 125 cm³/mol. The Balaban J connectivity index is 1.58. The van der Waals surface area contributed by atoms with Gasteiger partial charge in [0.15, 0.2) is 0 Å². The Labute approximate surface area is 189 Å². The Bertz CT molecular complexity index is 1370. The van der Waals surface area contributed by atoms with E-state index in [4.69, 9.17) is 5.73 Å². The monoisotopic (exact) mass is 467 g/mol. The van der Waals surface area contributed by atoms with Crippen molar-refractivity contribution < 1.29 is 13.2 Å². The number of nitrogens with zero attached hydrogens (tertiary/aromatic N) is 3. The van der Waals surface area contributed by atoms with Crippen molar-refractivity contribution in [3.05, 3.63) is 71.0 Å². The molecule has 0 saturated carbocycles. The fraction of sp³-hybridized carbons (Fsp3) is 0.182. The summed E-state index contributed by atoms with van der Waals surface area (Å²) in [5.74, 6) is -0.305. The van der Waals surface area contributed by atoms with Crippen LogP contribution in [0.1, 0.15) is 40.7 Å². The zero-order chi connectivity index (χ0) is 22.7. The van der Waals surface area contributed by atoms with E-state index in [1.807, 2.05) is 12.1 Å². The highest BCUT2D eigenvalue weighted by Gasteiger charge is 2.21. The Morgan fingerprint density at radius 2 is 1.81 bits per heavy atom. The van der Waals surface area contributed by atoms with Crippen LogP contribution in [0.2, 0.25) is 0 Å². The minimum atomic E-state index is -3.88. The van der Waals surface area contributed by atoms with Crippen molar-refractivity contribution in [2.45, 2.75) is 31.1 Å². The van der Waals surface area contributed by atoms with E-state index in [9.17, 15) is 13.2 Å². The second kappa shape index (κ2) is 9.01. The lowest BCUT2D eigenvalue weighted by Gasteiger charge is -2.07. The highest BCUT2D eigenvalue weighted by Crippen LogP contribution is 2.34. The molecule has 4 aromatic rings. The van der Waals surface area contributed by atoms with Crippen molar-refractivity contribution in [3.63, 3.8) is 0 Å². The molecule has 8 nitrogen and oxygen atoms in total. The number of hydrogen-bond acceptors (Lipinski definition) is 8. The van der Waals surface area contributed by atoms with Gasteiger partial charge in [0.1, 0.15) is 9.71 Å². The second-order valence-corrected chi connectivity index (χ2v) is 9.82. The first-order valence-electron chi connectivity index (χ1n) is 10.0. The third kappa shape index (κ3) is 4.46. The number of rotatable bonds is 8. The Morgan fingerprint density at radius 1 is 1.09 bits per heavy atom. The van der Waals surface area contributed by atoms with Crippen LogP contribution >= 0.6 is 11.3 Å². The SMILES string of the molecule is CCCCc1ccc2c(N)c(C(=O)c3ccc(S(=O)(=O)Nc4ncccn4)cc3)sc2n1. The van der Waals surface area contributed by atoms with Crippen molar-refractivity contribution in [2.75, 3.05) is 10.5 Å². The van der Waals surface area contributed by atoms with Crippen molar-refractivity contribution in [1.82, 2.24) is 15.0 Å². The molecule has 0 radical (unpaired) electrons. The number of carbonyl (C=O) groups excluding carboxylic acids is 1. The van der Waals surface area contributed by atoms with Crippen molar-refractivity contribution >= 4 is 49.0 Å². The zero-order valence-corrected chi connectivity index (χ0v) is 18.9. The molecule has 1 aromatic carbocycles. The fourth-order valence-electron chi connectivity index (χ4n) is 3.15. The van der Waals surface area contributed by atoms with E-state index in [1.54, 1.807) is 6.07 Å². The molecule has 0 atom stereocenters. The number of nitrogens with two attached hydrogens (primary N) is 1. The van der Waals surface area contributed by atoms with Crippen molar-refractivity contribution in [3.8, 4) is 0 Å². The van der Waals surface area contributed by atoms with Crippen molar-refractivity contribution in [2.24, 2.45) is 0 Å². The largest absolute Gasteiger partial charge is 0.397 e. The predicted octanol–water partition coefficient (Wildman–Crippen LogP) is 4.04. The molecule has 164 valence electrons. The molecule has 32 heavy (non-hydrogen) atoms. The molecule has 10 heteroatoms. The first-order valence-corrected chi connectivity index (χ1v) is 12.3. The molecule has 0 aliphatic rings. The molecule has 0 aliphatic heterocycles. The van der Waals surface area contributed by atoms with Crippen LogP contribution in [0.4, 0.5) is 11.6 Å². The molecule has 0 fully saturated rings. The van der Waals surface area contributed by atoms with Crippen LogP contribution < -0.4 is 10.5 Å². The first-order chi connectivity index (χ1) is 15.4. The minimum absolute atomic E-state index is 0.00644. The van der Waals surface area contributed by atoms with E-state index < -0.39 is 10.0 Å². The number of fused-ring (bicyclic) bond motifs is 1. The molecule has 3 N–H and O–H groups in total. The number of carbonyl (C=O) groups is 1. The molecule has 0 unspecified atom stereocenters. The molecule has 3 aromatic heterocycles. The highest BCUT2D eigenvalue weighted by atomic mass is 32.2. The Hall–Kier alpha value is -3.37. The zero-order valence-electron chi connectivity index (χ0n) is 17.3. The van der Waals surface area contributed by atoms with Gasteiger partial charge in [0.25, 0.3) is 10.0 Å². The third-order valence-electron chi connectivity index (χ3n) is 4.86. The van der Waals surface area contributed by atoms with E-state index in [-0.39, 0.29) is 16.6 Å². The van der Waals surface area contributed by atoms with Crippen LogP contribution in [0.15, 0.2) is 59.8 Å². The third-order valence-corrected chi connectivity index (χ3v) is 7.32. The average molecular weight is 468 g/mol. The van der Waals surface area contributed by atoms with E-state index in [0.29, 0.717) is 16.1 Å². The maximum atomic E-state index is 13.1. The second-order valence-electron chi connectivity index (χ2n) is 7.14. The van der Waals surface area contributed by atoms with E-state index in [2.05, 4.69) is 26.6 Å². The summed E-state index contributed by atoms with van der Waals surface area (Å²) in [6.45, 7) is 2.13. The number of unbranched alkanes of at least 4 members (excludes halogenated alkanes) is 1. The molecule has 0 bridgehead atoms. The van der Waals surface area contributed by atoms with Crippen molar-refractivity contribution in [1.29, 1.82) is 0 Å². The standard InChI is InChI=1S/C22H21N5O3S2/c1-2-3-5-15-8-11-17-18(23)20(31-21(17)26-15)19(28)14-6-9-16(10-7-14)32(29,30)27-22-24-12-4-13-25-22/h4,6-13H,2-3,5,23H2,1H3,(H,24,25,27).